The molecule has 0 radical (unpaired) electrons. The quantitative estimate of drug-likeness (QED) is 0.667. The number of aromatic nitrogens is 3. The van der Waals surface area contributed by atoms with Crippen LogP contribution in [0.5, 0.6) is 0 Å². The molecule has 2 saturated heterocycles. The maximum Gasteiger partial charge on any atom is 0.352 e. The van der Waals surface area contributed by atoms with E-state index >= 15 is 0 Å². The largest absolute Gasteiger partial charge is 0.366 e. The monoisotopic (exact) mass is 361 g/mol. The van der Waals surface area contributed by atoms with Gasteiger partial charge in [-0.15, -0.1) is 0 Å². The number of epoxide rings is 2. The van der Waals surface area contributed by atoms with Crippen molar-refractivity contribution in [3.63, 3.8) is 0 Å². The lowest BCUT2D eigenvalue weighted by Gasteiger charge is -2.48. The molecule has 0 amide bonds. The Labute approximate surface area is 152 Å². The Morgan fingerprint density at radius 3 is 1.89 bits per heavy atom. The summed E-state index contributed by atoms with van der Waals surface area (Å²) in [6, 6.07) is 9.60. The van der Waals surface area contributed by atoms with Gasteiger partial charge >= 0.3 is 11.4 Å². The minimum atomic E-state index is -0.170. The average molecular weight is 361 g/mol. The van der Waals surface area contributed by atoms with Gasteiger partial charge in [-0.1, -0.05) is 18.2 Å². The molecule has 12 atom stereocenters. The van der Waals surface area contributed by atoms with Crippen molar-refractivity contribution in [3.8, 4) is 5.69 Å². The fourth-order valence-corrected chi connectivity index (χ4v) is 9.63. The summed E-state index contributed by atoms with van der Waals surface area (Å²) in [6.45, 7) is 0. The topological polar surface area (TPSA) is 74.0 Å². The zero-order valence-corrected chi connectivity index (χ0v) is 14.1. The summed E-state index contributed by atoms with van der Waals surface area (Å²) >= 11 is 0. The van der Waals surface area contributed by atoms with E-state index in [2.05, 4.69) is 0 Å². The molecule has 0 N–H and O–H groups in total. The van der Waals surface area contributed by atoms with E-state index in [4.69, 9.17) is 9.47 Å². The Balaban J connectivity index is 1.34. The van der Waals surface area contributed by atoms with Gasteiger partial charge in [-0.2, -0.15) is 0 Å². The van der Waals surface area contributed by atoms with E-state index in [9.17, 15) is 9.59 Å². The molecule has 5 saturated carbocycles. The Morgan fingerprint density at radius 1 is 0.778 bits per heavy atom. The fourth-order valence-electron chi connectivity index (χ4n) is 9.63. The van der Waals surface area contributed by atoms with Crippen molar-refractivity contribution >= 4 is 0 Å². The van der Waals surface area contributed by atoms with Crippen molar-refractivity contribution in [2.45, 2.75) is 36.5 Å². The van der Waals surface area contributed by atoms with Crippen molar-refractivity contribution in [1.82, 2.24) is 13.9 Å². The summed E-state index contributed by atoms with van der Waals surface area (Å²) in [4.78, 5) is 27.0. The summed E-state index contributed by atoms with van der Waals surface area (Å²) < 4.78 is 17.4. The first-order valence-corrected chi connectivity index (χ1v) is 10.1. The van der Waals surface area contributed by atoms with Crippen molar-refractivity contribution < 1.29 is 9.47 Å². The lowest BCUT2D eigenvalue weighted by Crippen LogP contribution is -2.57. The number of rotatable bonds is 1. The number of hydrogen-bond donors (Lipinski definition) is 0. The maximum absolute atomic E-state index is 13.5. The molecule has 27 heavy (non-hydrogen) atoms. The normalized spacial score (nSPS) is 61.6. The standard InChI is InChI=1S/C20H15N3O4/c24-17-21(6-4-2-1-3-5-6)18(25)23-14-9-7-8(9)13(22(17)23)19-12(7)20(14,19)16-11(27-16)10-15(19)26-10/h1-5,7-16H/t7?,8-,9-,10-,11+,12?,13-,14+,15-,16-,19-,20+/m0/s1. The highest BCUT2D eigenvalue weighted by atomic mass is 16.7. The van der Waals surface area contributed by atoms with E-state index in [0.717, 1.165) is 0 Å². The minimum Gasteiger partial charge on any atom is -0.366 e. The Morgan fingerprint density at radius 2 is 1.33 bits per heavy atom. The van der Waals surface area contributed by atoms with Crippen LogP contribution in [0, 0.1) is 34.5 Å². The second-order valence-corrected chi connectivity index (χ2v) is 9.93. The first kappa shape index (κ1) is 12.4. The van der Waals surface area contributed by atoms with Gasteiger partial charge in [0.05, 0.1) is 30.0 Å². The van der Waals surface area contributed by atoms with Gasteiger partial charge in [-0.05, 0) is 35.8 Å². The average Bonchev–Trinajstić information content (AvgIpc) is 3.51. The third kappa shape index (κ3) is 0.809. The van der Waals surface area contributed by atoms with Gasteiger partial charge < -0.3 is 9.47 Å². The predicted octanol–water partition coefficient (Wildman–Crippen LogP) is -0.0631. The molecular formula is C20H15N3O4. The van der Waals surface area contributed by atoms with Crippen LogP contribution >= 0.6 is 0 Å². The smallest absolute Gasteiger partial charge is 0.352 e. The number of benzene rings is 1. The van der Waals surface area contributed by atoms with Gasteiger partial charge in [0, 0.05) is 10.8 Å². The van der Waals surface area contributed by atoms with Gasteiger partial charge in [-0.25, -0.2) is 23.5 Å². The van der Waals surface area contributed by atoms with Crippen LogP contribution in [-0.4, -0.2) is 38.3 Å². The van der Waals surface area contributed by atoms with Crippen LogP contribution in [0.2, 0.25) is 0 Å². The summed E-state index contributed by atoms with van der Waals surface area (Å²) in [7, 11) is 0. The second-order valence-electron chi connectivity index (χ2n) is 9.93. The van der Waals surface area contributed by atoms with E-state index < -0.39 is 0 Å². The molecule has 2 unspecified atom stereocenters. The van der Waals surface area contributed by atoms with Crippen molar-refractivity contribution in [1.29, 1.82) is 0 Å². The molecule has 4 aliphatic heterocycles. The lowest BCUT2D eigenvalue weighted by atomic mass is 9.64. The van der Waals surface area contributed by atoms with E-state index in [-0.39, 0.29) is 58.7 Å². The molecule has 2 spiro atoms. The zero-order valence-electron chi connectivity index (χ0n) is 14.1. The van der Waals surface area contributed by atoms with Gasteiger partial charge in [0.1, 0.15) is 12.2 Å². The van der Waals surface area contributed by atoms with Crippen LogP contribution in [0.15, 0.2) is 39.9 Å². The number of para-hydroxylation sites is 1. The Kier molecular flexibility index (Phi) is 1.36. The molecule has 7 nitrogen and oxygen atoms in total. The lowest BCUT2D eigenvalue weighted by molar-refractivity contribution is -0.0267. The summed E-state index contributed by atoms with van der Waals surface area (Å²) in [6.07, 6.45) is 0.998. The molecular weight excluding hydrogens is 346 g/mol. The van der Waals surface area contributed by atoms with E-state index in [0.29, 0.717) is 29.4 Å². The van der Waals surface area contributed by atoms with Crippen LogP contribution < -0.4 is 11.4 Å². The molecule has 11 rings (SSSR count). The molecule has 5 heterocycles. The minimum absolute atomic E-state index is 0.0726. The first-order chi connectivity index (χ1) is 13.3. The highest BCUT2D eigenvalue weighted by Crippen LogP contribution is 3.07. The van der Waals surface area contributed by atoms with Gasteiger partial charge in [0.15, 0.2) is 0 Å². The summed E-state index contributed by atoms with van der Waals surface area (Å²) in [5.41, 5.74) is 0.468. The van der Waals surface area contributed by atoms with E-state index in [1.807, 2.05) is 39.7 Å². The Hall–Kier alpha value is -2.12. The Bertz CT molecular complexity index is 1200. The molecule has 134 valence electrons. The molecule has 2 bridgehead atoms. The third-order valence-electron chi connectivity index (χ3n) is 9.85. The number of ether oxygens (including phenoxy) is 2. The number of nitrogens with zero attached hydrogens (tertiary/aromatic N) is 3. The first-order valence-electron chi connectivity index (χ1n) is 10.1. The van der Waals surface area contributed by atoms with Gasteiger partial charge in [0.2, 0.25) is 0 Å². The van der Waals surface area contributed by atoms with Crippen LogP contribution in [0.1, 0.15) is 12.1 Å². The molecule has 7 heteroatoms. The molecule has 1 aromatic carbocycles. The van der Waals surface area contributed by atoms with E-state index in [1.54, 1.807) is 0 Å². The van der Waals surface area contributed by atoms with Crippen molar-refractivity contribution in [2.75, 3.05) is 0 Å². The van der Waals surface area contributed by atoms with Crippen molar-refractivity contribution in [3.05, 3.63) is 51.3 Å². The highest BCUT2D eigenvalue weighted by Gasteiger charge is 3.11. The van der Waals surface area contributed by atoms with Gasteiger partial charge in [-0.3, -0.25) is 0 Å². The molecule has 2 aromatic rings. The van der Waals surface area contributed by atoms with E-state index in [1.165, 1.54) is 4.57 Å². The molecule has 5 aliphatic carbocycles. The second kappa shape index (κ2) is 2.97. The zero-order chi connectivity index (χ0) is 17.2. The number of fused-ring (bicyclic) bond motifs is 3. The molecule has 1 aromatic heterocycles. The van der Waals surface area contributed by atoms with Crippen LogP contribution in [-0.2, 0) is 9.47 Å². The fraction of sp³-hybridized carbons (Fsp3) is 0.600. The molecule has 7 fully saturated rings. The SMILES string of the molecule is O=c1n(-c2ccccc2)c(=O)n2n1[C@H]1[C@H]3C4C5[C@@]16[C@H]1O[C@H]1[C@H]1O[C@@H]1[C@]56[C@H]2[C@@H]43. The van der Waals surface area contributed by atoms with Crippen LogP contribution in [0.3, 0.4) is 0 Å². The number of hydrogen-bond acceptors (Lipinski definition) is 4. The molecule has 9 aliphatic rings. The van der Waals surface area contributed by atoms with Crippen molar-refractivity contribution in [2.24, 2.45) is 34.5 Å². The summed E-state index contributed by atoms with van der Waals surface area (Å²) in [5.74, 6) is 2.44. The summed E-state index contributed by atoms with van der Waals surface area (Å²) in [5, 5.41) is 0. The van der Waals surface area contributed by atoms with Crippen LogP contribution in [0.4, 0.5) is 0 Å². The third-order valence-corrected chi connectivity index (χ3v) is 9.85. The highest BCUT2D eigenvalue weighted by molar-refractivity contribution is 5.56. The maximum atomic E-state index is 13.5. The van der Waals surface area contributed by atoms with Crippen LogP contribution in [0.25, 0.3) is 5.69 Å². The van der Waals surface area contributed by atoms with Gasteiger partial charge in [0.25, 0.3) is 0 Å². The predicted molar refractivity (Wildman–Crippen MR) is 88.5 cm³/mol.